The highest BCUT2D eigenvalue weighted by molar-refractivity contribution is 5.98. The van der Waals surface area contributed by atoms with Gasteiger partial charge in [0.25, 0.3) is 0 Å². The monoisotopic (exact) mass is 383 g/mol. The molecule has 0 saturated heterocycles. The van der Waals surface area contributed by atoms with Gasteiger partial charge in [0.2, 0.25) is 24.5 Å². The molecular weight excluding hydrogens is 362 g/mol. The van der Waals surface area contributed by atoms with E-state index in [2.05, 4.69) is 10.6 Å². The highest BCUT2D eigenvalue weighted by atomic mass is 16.7. The molecule has 0 fully saturated rings. The number of hydrogen-bond donors (Lipinski definition) is 2. The van der Waals surface area contributed by atoms with Crippen molar-refractivity contribution in [2.24, 2.45) is 0 Å². The number of nitrogens with zero attached hydrogens (tertiary/aromatic N) is 1. The first-order valence-electron chi connectivity index (χ1n) is 8.73. The van der Waals surface area contributed by atoms with Gasteiger partial charge in [0, 0.05) is 31.8 Å². The molecule has 0 spiro atoms. The Labute approximate surface area is 162 Å². The van der Waals surface area contributed by atoms with Gasteiger partial charge in [-0.3, -0.25) is 14.4 Å². The Morgan fingerprint density at radius 1 is 1.04 bits per heavy atom. The molecule has 1 heterocycles. The molecule has 0 aromatic heterocycles. The van der Waals surface area contributed by atoms with Gasteiger partial charge < -0.3 is 25.0 Å². The van der Waals surface area contributed by atoms with Gasteiger partial charge in [0.15, 0.2) is 11.5 Å². The predicted molar refractivity (Wildman–Crippen MR) is 103 cm³/mol. The summed E-state index contributed by atoms with van der Waals surface area (Å²) in [5.41, 5.74) is 1.94. The SMILES string of the molecule is CC(=O)Nc1cccc(N(CC(=O)NCc2ccc3c(c2)OCO3)C(C)=O)c1. The first-order valence-corrected chi connectivity index (χ1v) is 8.73. The lowest BCUT2D eigenvalue weighted by molar-refractivity contribution is -0.123. The zero-order chi connectivity index (χ0) is 20.1. The van der Waals surface area contributed by atoms with Crippen molar-refractivity contribution in [2.45, 2.75) is 20.4 Å². The maximum Gasteiger partial charge on any atom is 0.240 e. The van der Waals surface area contributed by atoms with Crippen molar-refractivity contribution in [1.82, 2.24) is 5.32 Å². The van der Waals surface area contributed by atoms with E-state index in [0.717, 1.165) is 5.56 Å². The lowest BCUT2D eigenvalue weighted by atomic mass is 10.2. The highest BCUT2D eigenvalue weighted by Crippen LogP contribution is 2.32. The number of rotatable bonds is 6. The van der Waals surface area contributed by atoms with Crippen LogP contribution in [-0.2, 0) is 20.9 Å². The van der Waals surface area contributed by atoms with Gasteiger partial charge in [-0.15, -0.1) is 0 Å². The van der Waals surface area contributed by atoms with Crippen LogP contribution >= 0.6 is 0 Å². The summed E-state index contributed by atoms with van der Waals surface area (Å²) >= 11 is 0. The molecule has 1 aliphatic rings. The summed E-state index contributed by atoms with van der Waals surface area (Å²) < 4.78 is 10.6. The number of hydrogen-bond acceptors (Lipinski definition) is 5. The summed E-state index contributed by atoms with van der Waals surface area (Å²) in [4.78, 5) is 37.0. The van der Waals surface area contributed by atoms with Gasteiger partial charge in [-0.2, -0.15) is 0 Å². The van der Waals surface area contributed by atoms with Gasteiger partial charge in [-0.05, 0) is 35.9 Å². The molecule has 0 radical (unpaired) electrons. The number of carbonyl (C=O) groups is 3. The molecule has 2 N–H and O–H groups in total. The number of nitrogens with one attached hydrogen (secondary N) is 2. The van der Waals surface area contributed by atoms with Crippen LogP contribution in [0.2, 0.25) is 0 Å². The van der Waals surface area contributed by atoms with Gasteiger partial charge in [0.05, 0.1) is 0 Å². The normalized spacial score (nSPS) is 11.6. The fourth-order valence-electron chi connectivity index (χ4n) is 2.79. The molecule has 2 aromatic carbocycles. The maximum absolute atomic E-state index is 12.4. The largest absolute Gasteiger partial charge is 0.454 e. The van der Waals surface area contributed by atoms with E-state index >= 15 is 0 Å². The summed E-state index contributed by atoms with van der Waals surface area (Å²) in [7, 11) is 0. The Morgan fingerprint density at radius 2 is 1.82 bits per heavy atom. The fourth-order valence-corrected chi connectivity index (χ4v) is 2.79. The molecule has 0 bridgehead atoms. The minimum Gasteiger partial charge on any atom is -0.454 e. The zero-order valence-corrected chi connectivity index (χ0v) is 15.7. The Morgan fingerprint density at radius 3 is 2.57 bits per heavy atom. The lowest BCUT2D eigenvalue weighted by Gasteiger charge is -2.21. The third-order valence-corrected chi connectivity index (χ3v) is 4.09. The molecule has 3 amide bonds. The second-order valence-corrected chi connectivity index (χ2v) is 6.30. The first kappa shape index (κ1) is 19.2. The fraction of sp³-hybridized carbons (Fsp3) is 0.250. The van der Waals surface area contributed by atoms with E-state index in [0.29, 0.717) is 29.4 Å². The summed E-state index contributed by atoms with van der Waals surface area (Å²) in [6, 6.07) is 12.2. The average molecular weight is 383 g/mol. The topological polar surface area (TPSA) is 97.0 Å². The number of carbonyl (C=O) groups excluding carboxylic acids is 3. The molecule has 0 unspecified atom stereocenters. The van der Waals surface area contributed by atoms with Crippen molar-refractivity contribution in [1.29, 1.82) is 0 Å². The quantitative estimate of drug-likeness (QED) is 0.796. The van der Waals surface area contributed by atoms with Crippen molar-refractivity contribution in [3.05, 3.63) is 48.0 Å². The van der Waals surface area contributed by atoms with Crippen LogP contribution < -0.4 is 25.0 Å². The Bertz CT molecular complexity index is 912. The molecule has 28 heavy (non-hydrogen) atoms. The average Bonchev–Trinajstić information content (AvgIpc) is 3.11. The van der Waals surface area contributed by atoms with Gasteiger partial charge >= 0.3 is 0 Å². The molecule has 3 rings (SSSR count). The number of ether oxygens (including phenoxy) is 2. The second kappa shape index (κ2) is 8.43. The van der Waals surface area contributed by atoms with Crippen LogP contribution in [-0.4, -0.2) is 31.1 Å². The van der Waals surface area contributed by atoms with Crippen LogP contribution in [0, 0.1) is 0 Å². The molecule has 0 aliphatic carbocycles. The number of amides is 3. The Balaban J connectivity index is 1.63. The van der Waals surface area contributed by atoms with Crippen molar-refractivity contribution < 1.29 is 23.9 Å². The highest BCUT2D eigenvalue weighted by Gasteiger charge is 2.17. The molecule has 8 nitrogen and oxygen atoms in total. The van der Waals surface area contributed by atoms with E-state index < -0.39 is 0 Å². The summed E-state index contributed by atoms with van der Waals surface area (Å²) in [6.07, 6.45) is 0. The number of fused-ring (bicyclic) bond motifs is 1. The molecular formula is C20H21N3O5. The van der Waals surface area contributed by atoms with Crippen LogP contribution in [0.4, 0.5) is 11.4 Å². The van der Waals surface area contributed by atoms with Crippen LogP contribution in [0.25, 0.3) is 0 Å². The standard InChI is InChI=1S/C20H21N3O5/c1-13(24)22-16-4-3-5-17(9-16)23(14(2)25)11-20(26)21-10-15-6-7-18-19(8-15)28-12-27-18/h3-9H,10-12H2,1-2H3,(H,21,26)(H,22,24). The zero-order valence-electron chi connectivity index (χ0n) is 15.7. The van der Waals surface area contributed by atoms with E-state index in [9.17, 15) is 14.4 Å². The maximum atomic E-state index is 12.4. The molecule has 2 aromatic rings. The van der Waals surface area contributed by atoms with E-state index in [-0.39, 0.29) is 31.1 Å². The summed E-state index contributed by atoms with van der Waals surface area (Å²) in [6.45, 7) is 3.14. The van der Waals surface area contributed by atoms with E-state index in [4.69, 9.17) is 9.47 Å². The van der Waals surface area contributed by atoms with E-state index in [1.165, 1.54) is 18.7 Å². The third kappa shape index (κ3) is 4.79. The molecule has 1 aliphatic heterocycles. The molecule has 0 saturated carbocycles. The van der Waals surface area contributed by atoms with Crippen LogP contribution in [0.3, 0.4) is 0 Å². The number of benzene rings is 2. The molecule has 0 atom stereocenters. The van der Waals surface area contributed by atoms with Gasteiger partial charge in [0.1, 0.15) is 6.54 Å². The van der Waals surface area contributed by atoms with Crippen molar-refractivity contribution >= 4 is 29.1 Å². The smallest absolute Gasteiger partial charge is 0.240 e. The van der Waals surface area contributed by atoms with Crippen molar-refractivity contribution in [3.63, 3.8) is 0 Å². The lowest BCUT2D eigenvalue weighted by Crippen LogP contribution is -2.39. The minimum absolute atomic E-state index is 0.136. The van der Waals surface area contributed by atoms with Crippen molar-refractivity contribution in [2.75, 3.05) is 23.6 Å². The van der Waals surface area contributed by atoms with Crippen molar-refractivity contribution in [3.8, 4) is 11.5 Å². The van der Waals surface area contributed by atoms with Crippen LogP contribution in [0.5, 0.6) is 11.5 Å². The number of anilines is 2. The summed E-state index contributed by atoms with van der Waals surface area (Å²) in [5, 5.41) is 5.45. The predicted octanol–water partition coefficient (Wildman–Crippen LogP) is 2.04. The second-order valence-electron chi connectivity index (χ2n) is 6.30. The van der Waals surface area contributed by atoms with Gasteiger partial charge in [-0.25, -0.2) is 0 Å². The molecule has 8 heteroatoms. The van der Waals surface area contributed by atoms with Gasteiger partial charge in [-0.1, -0.05) is 12.1 Å². The Hall–Kier alpha value is -3.55. The minimum atomic E-state index is -0.308. The van der Waals surface area contributed by atoms with E-state index in [1.54, 1.807) is 30.3 Å². The Kier molecular flexibility index (Phi) is 5.78. The van der Waals surface area contributed by atoms with E-state index in [1.807, 2.05) is 12.1 Å². The van der Waals surface area contributed by atoms with Crippen LogP contribution in [0.1, 0.15) is 19.4 Å². The first-order chi connectivity index (χ1) is 13.4. The summed E-state index contributed by atoms with van der Waals surface area (Å²) in [5.74, 6) is 0.521. The van der Waals surface area contributed by atoms with Crippen LogP contribution in [0.15, 0.2) is 42.5 Å². The third-order valence-electron chi connectivity index (χ3n) is 4.09. The molecule has 146 valence electrons.